The fraction of sp³-hybridized carbons (Fsp3) is 0.600. The molecule has 0 N–H and O–H groups in total. The summed E-state index contributed by atoms with van der Waals surface area (Å²) in [5, 5.41) is 11.1. The minimum atomic E-state index is -2.69. The van der Waals surface area contributed by atoms with Crippen LogP contribution in [0.25, 0.3) is 0 Å². The van der Waals surface area contributed by atoms with Gasteiger partial charge in [-0.3, -0.25) is 0 Å². The van der Waals surface area contributed by atoms with Crippen LogP contribution in [0, 0.1) is 0 Å². The normalized spacial score (nSPS) is 21.7. The van der Waals surface area contributed by atoms with Gasteiger partial charge in [-0.15, -0.1) is 0 Å². The van der Waals surface area contributed by atoms with Crippen molar-refractivity contribution in [2.24, 2.45) is 0 Å². The Morgan fingerprint density at radius 1 is 1.30 bits per heavy atom. The van der Waals surface area contributed by atoms with Crippen LogP contribution in [0.2, 0.25) is 5.15 Å². The van der Waals surface area contributed by atoms with Crippen LogP contribution in [0.3, 0.4) is 0 Å². The van der Waals surface area contributed by atoms with Crippen LogP contribution in [0.15, 0.2) is 12.1 Å². The molecule has 0 atom stereocenters. The summed E-state index contributed by atoms with van der Waals surface area (Å²) in [5.41, 5.74) is 0.924. The minimum Gasteiger partial charge on any atom is -0.530 e. The molecule has 2 aliphatic heterocycles. The average Bonchev–Trinajstić information content (AvgIpc) is 2.87. The fourth-order valence-corrected chi connectivity index (χ4v) is 3.44. The number of piperidine rings is 1. The summed E-state index contributed by atoms with van der Waals surface area (Å²) < 4.78 is 26.8. The summed E-state index contributed by atoms with van der Waals surface area (Å²) in [6, 6.07) is 3.53. The lowest BCUT2D eigenvalue weighted by Gasteiger charge is -2.34. The van der Waals surface area contributed by atoms with Crippen molar-refractivity contribution >= 4 is 23.5 Å². The first-order valence-electron chi connectivity index (χ1n) is 7.60. The molecule has 8 heteroatoms. The van der Waals surface area contributed by atoms with Crippen LogP contribution in [-0.2, 0) is 0 Å². The molecule has 0 bridgehead atoms. The molecular weight excluding hydrogens is 328 g/mol. The van der Waals surface area contributed by atoms with Crippen molar-refractivity contribution in [2.75, 3.05) is 31.1 Å². The Labute approximate surface area is 137 Å². The third-order valence-electron chi connectivity index (χ3n) is 4.52. The largest absolute Gasteiger partial charge is 0.530 e. The first-order valence-corrected chi connectivity index (χ1v) is 7.98. The lowest BCUT2D eigenvalue weighted by atomic mass is 9.90. The van der Waals surface area contributed by atoms with E-state index in [1.807, 2.05) is 0 Å². The molecule has 0 spiro atoms. The standard InChI is InChI=1S/C15H18ClF2N3O2/c16-12-7-11(10-1-4-20(5-2-10)14(22)23)8-13(19-12)21-6-3-15(17,18)9-21/h7-8,10H,1-6,9H2,(H,22,23)/p-1. The van der Waals surface area contributed by atoms with Crippen molar-refractivity contribution in [3.8, 4) is 0 Å². The molecule has 0 unspecified atom stereocenters. The minimum absolute atomic E-state index is 0.146. The number of anilines is 1. The second-order valence-electron chi connectivity index (χ2n) is 6.14. The Morgan fingerprint density at radius 3 is 2.57 bits per heavy atom. The van der Waals surface area contributed by atoms with Crippen molar-refractivity contribution < 1.29 is 18.7 Å². The van der Waals surface area contributed by atoms with Gasteiger partial charge in [-0.1, -0.05) is 11.6 Å². The predicted octanol–water partition coefficient (Wildman–Crippen LogP) is 2.10. The van der Waals surface area contributed by atoms with Crippen LogP contribution in [0.5, 0.6) is 0 Å². The summed E-state index contributed by atoms with van der Waals surface area (Å²) in [5.74, 6) is -2.08. The van der Waals surface area contributed by atoms with Gasteiger partial charge in [0, 0.05) is 26.1 Å². The molecule has 0 aromatic carbocycles. The maximum absolute atomic E-state index is 13.4. The molecule has 0 radical (unpaired) electrons. The van der Waals surface area contributed by atoms with E-state index in [-0.39, 0.29) is 30.6 Å². The van der Waals surface area contributed by atoms with Crippen molar-refractivity contribution in [1.29, 1.82) is 0 Å². The number of aromatic nitrogens is 1. The van der Waals surface area contributed by atoms with Crippen LogP contribution in [-0.4, -0.2) is 48.1 Å². The van der Waals surface area contributed by atoms with Crippen LogP contribution >= 0.6 is 11.6 Å². The van der Waals surface area contributed by atoms with Gasteiger partial charge in [0.2, 0.25) is 0 Å². The average molecular weight is 345 g/mol. The summed E-state index contributed by atoms with van der Waals surface area (Å²) in [7, 11) is 0. The van der Waals surface area contributed by atoms with Gasteiger partial charge >= 0.3 is 0 Å². The van der Waals surface area contributed by atoms with Crippen molar-refractivity contribution in [2.45, 2.75) is 31.1 Å². The van der Waals surface area contributed by atoms with Gasteiger partial charge in [0.25, 0.3) is 5.92 Å². The molecule has 0 aliphatic carbocycles. The Morgan fingerprint density at radius 2 is 2.00 bits per heavy atom. The van der Waals surface area contributed by atoms with E-state index < -0.39 is 12.0 Å². The quantitative estimate of drug-likeness (QED) is 0.771. The monoisotopic (exact) mass is 344 g/mol. The number of amides is 1. The Kier molecular flexibility index (Phi) is 4.31. The van der Waals surface area contributed by atoms with Crippen molar-refractivity contribution in [3.63, 3.8) is 0 Å². The van der Waals surface area contributed by atoms with Gasteiger partial charge in [-0.2, -0.15) is 0 Å². The Bertz CT molecular complexity index is 606. The number of carbonyl (C=O) groups is 1. The predicted molar refractivity (Wildman–Crippen MR) is 80.0 cm³/mol. The maximum atomic E-state index is 13.4. The van der Waals surface area contributed by atoms with E-state index in [4.69, 9.17) is 11.6 Å². The molecule has 2 fully saturated rings. The number of hydrogen-bond acceptors (Lipinski definition) is 4. The van der Waals surface area contributed by atoms with E-state index >= 15 is 0 Å². The highest BCUT2D eigenvalue weighted by molar-refractivity contribution is 6.29. The molecule has 5 nitrogen and oxygen atoms in total. The highest BCUT2D eigenvalue weighted by Gasteiger charge is 2.39. The lowest BCUT2D eigenvalue weighted by molar-refractivity contribution is -0.266. The molecular formula is C15H17ClF2N3O2-. The number of alkyl halides is 2. The molecule has 2 saturated heterocycles. The molecule has 3 rings (SSSR count). The zero-order valence-corrected chi connectivity index (χ0v) is 13.2. The van der Waals surface area contributed by atoms with Gasteiger partial charge in [0.1, 0.15) is 17.1 Å². The molecule has 1 amide bonds. The van der Waals surface area contributed by atoms with Gasteiger partial charge in [-0.25, -0.2) is 13.8 Å². The van der Waals surface area contributed by atoms with E-state index in [9.17, 15) is 18.7 Å². The number of hydrogen-bond donors (Lipinski definition) is 0. The molecule has 0 saturated carbocycles. The second kappa shape index (κ2) is 6.11. The molecule has 126 valence electrons. The first-order chi connectivity index (χ1) is 10.8. The third-order valence-corrected chi connectivity index (χ3v) is 4.71. The topological polar surface area (TPSA) is 59.5 Å². The Hall–Kier alpha value is -1.63. The number of halogens is 3. The highest BCUT2D eigenvalue weighted by Crippen LogP contribution is 2.34. The molecule has 2 aliphatic rings. The number of rotatable bonds is 2. The van der Waals surface area contributed by atoms with Crippen LogP contribution in [0.4, 0.5) is 19.4 Å². The van der Waals surface area contributed by atoms with Gasteiger partial charge in [-0.05, 0) is 36.5 Å². The zero-order chi connectivity index (χ0) is 16.6. The summed E-state index contributed by atoms with van der Waals surface area (Å²) in [6.45, 7) is 0.722. The lowest BCUT2D eigenvalue weighted by Crippen LogP contribution is -2.45. The SMILES string of the molecule is O=C([O-])N1CCC(c2cc(Cl)nc(N3CCC(F)(F)C3)c2)CC1. The number of carbonyl (C=O) groups excluding carboxylic acids is 1. The number of likely N-dealkylation sites (tertiary alicyclic amines) is 1. The summed E-state index contributed by atoms with van der Waals surface area (Å²) in [6.07, 6.45) is -0.0230. The molecule has 23 heavy (non-hydrogen) atoms. The highest BCUT2D eigenvalue weighted by atomic mass is 35.5. The van der Waals surface area contributed by atoms with Crippen LogP contribution in [0.1, 0.15) is 30.7 Å². The first kappa shape index (κ1) is 16.2. The van der Waals surface area contributed by atoms with E-state index in [0.29, 0.717) is 31.7 Å². The third kappa shape index (κ3) is 3.65. The van der Waals surface area contributed by atoms with E-state index in [0.717, 1.165) is 5.56 Å². The number of carboxylic acid groups (broad SMARTS) is 1. The van der Waals surface area contributed by atoms with Gasteiger partial charge in [0.05, 0.1) is 6.54 Å². The van der Waals surface area contributed by atoms with E-state index in [2.05, 4.69) is 4.98 Å². The second-order valence-corrected chi connectivity index (χ2v) is 6.52. The van der Waals surface area contributed by atoms with Crippen LogP contribution < -0.4 is 10.0 Å². The van der Waals surface area contributed by atoms with Crippen molar-refractivity contribution in [3.05, 3.63) is 22.8 Å². The van der Waals surface area contributed by atoms with Crippen molar-refractivity contribution in [1.82, 2.24) is 9.88 Å². The zero-order valence-electron chi connectivity index (χ0n) is 12.5. The summed E-state index contributed by atoms with van der Waals surface area (Å²) >= 11 is 6.06. The smallest absolute Gasteiger partial charge is 0.266 e. The number of pyridine rings is 1. The molecule has 3 heterocycles. The summed E-state index contributed by atoms with van der Waals surface area (Å²) in [4.78, 5) is 17.8. The maximum Gasteiger partial charge on any atom is 0.266 e. The Balaban J connectivity index is 1.75. The van der Waals surface area contributed by atoms with E-state index in [1.54, 1.807) is 17.0 Å². The molecule has 1 aromatic rings. The van der Waals surface area contributed by atoms with E-state index in [1.165, 1.54) is 4.90 Å². The van der Waals surface area contributed by atoms with Gasteiger partial charge < -0.3 is 19.7 Å². The van der Waals surface area contributed by atoms with Gasteiger partial charge in [0.15, 0.2) is 0 Å². The fourth-order valence-electron chi connectivity index (χ4n) is 3.23. The molecule has 1 aromatic heterocycles. The number of nitrogens with zero attached hydrogens (tertiary/aromatic N) is 3.